The van der Waals surface area contributed by atoms with Gasteiger partial charge in [-0.2, -0.15) is 0 Å². The minimum Gasteiger partial charge on any atom is -0.481 e. The lowest BCUT2D eigenvalue weighted by Gasteiger charge is -2.29. The van der Waals surface area contributed by atoms with Gasteiger partial charge in [-0.25, -0.2) is 4.79 Å². The summed E-state index contributed by atoms with van der Waals surface area (Å²) in [5.41, 5.74) is -0.745. The molecule has 2 fully saturated rings. The molecule has 0 radical (unpaired) electrons. The Kier molecular flexibility index (Phi) is 4.52. The Morgan fingerprint density at radius 1 is 1.30 bits per heavy atom. The predicted molar refractivity (Wildman–Crippen MR) is 73.3 cm³/mol. The quantitative estimate of drug-likeness (QED) is 0.723. The molecule has 0 saturated heterocycles. The average Bonchev–Trinajstić information content (AvgIpc) is 2.98. The van der Waals surface area contributed by atoms with Crippen molar-refractivity contribution in [2.75, 3.05) is 13.6 Å². The fourth-order valence-corrected chi connectivity index (χ4v) is 3.33. The van der Waals surface area contributed by atoms with E-state index in [4.69, 9.17) is 5.11 Å². The summed E-state index contributed by atoms with van der Waals surface area (Å²) in [6.07, 6.45) is 5.34. The summed E-state index contributed by atoms with van der Waals surface area (Å²) in [4.78, 5) is 24.5. The number of likely N-dealkylation sites (N-methyl/N-ethyl adjacent to an activating group) is 1. The van der Waals surface area contributed by atoms with Crippen molar-refractivity contribution < 1.29 is 19.8 Å². The lowest BCUT2D eigenvalue weighted by atomic mass is 10.0. The van der Waals surface area contributed by atoms with Gasteiger partial charge in [-0.05, 0) is 32.1 Å². The average molecular weight is 284 g/mol. The number of urea groups is 1. The van der Waals surface area contributed by atoms with Gasteiger partial charge in [-0.3, -0.25) is 4.79 Å². The molecule has 114 valence electrons. The van der Waals surface area contributed by atoms with E-state index < -0.39 is 11.6 Å². The van der Waals surface area contributed by atoms with Crippen molar-refractivity contribution in [3.8, 4) is 0 Å². The minimum absolute atomic E-state index is 0.0655. The van der Waals surface area contributed by atoms with E-state index in [1.807, 2.05) is 0 Å². The first-order valence-electron chi connectivity index (χ1n) is 7.36. The summed E-state index contributed by atoms with van der Waals surface area (Å²) in [6, 6.07) is -0.286. The van der Waals surface area contributed by atoms with Gasteiger partial charge in [0.25, 0.3) is 0 Å². The van der Waals surface area contributed by atoms with Crippen LogP contribution in [-0.4, -0.2) is 52.3 Å². The van der Waals surface area contributed by atoms with Crippen LogP contribution in [0.4, 0.5) is 4.79 Å². The number of nitrogens with zero attached hydrogens (tertiary/aromatic N) is 1. The highest BCUT2D eigenvalue weighted by atomic mass is 16.4. The summed E-state index contributed by atoms with van der Waals surface area (Å²) in [5, 5.41) is 22.1. The first-order valence-corrected chi connectivity index (χ1v) is 7.36. The fraction of sp³-hybridized carbons (Fsp3) is 0.857. The van der Waals surface area contributed by atoms with Crippen molar-refractivity contribution in [3.63, 3.8) is 0 Å². The third kappa shape index (κ3) is 3.62. The van der Waals surface area contributed by atoms with E-state index in [2.05, 4.69) is 5.32 Å². The highest BCUT2D eigenvalue weighted by molar-refractivity contribution is 5.75. The molecule has 2 amide bonds. The second kappa shape index (κ2) is 5.99. The van der Waals surface area contributed by atoms with Gasteiger partial charge in [0.1, 0.15) is 0 Å². The Labute approximate surface area is 119 Å². The highest BCUT2D eigenvalue weighted by Crippen LogP contribution is 2.30. The van der Waals surface area contributed by atoms with E-state index in [1.54, 1.807) is 7.05 Å². The first kappa shape index (κ1) is 15.1. The number of hydrogen-bond donors (Lipinski definition) is 3. The lowest BCUT2D eigenvalue weighted by molar-refractivity contribution is -0.141. The second-order valence-electron chi connectivity index (χ2n) is 6.28. The van der Waals surface area contributed by atoms with E-state index in [0.717, 1.165) is 25.7 Å². The van der Waals surface area contributed by atoms with Crippen LogP contribution in [0.25, 0.3) is 0 Å². The maximum atomic E-state index is 12.1. The van der Waals surface area contributed by atoms with E-state index in [9.17, 15) is 14.7 Å². The van der Waals surface area contributed by atoms with Crippen molar-refractivity contribution in [1.29, 1.82) is 0 Å². The number of aliphatic hydroxyl groups is 1. The van der Waals surface area contributed by atoms with Gasteiger partial charge in [-0.1, -0.05) is 12.8 Å². The Bertz CT molecular complexity index is 379. The number of carbonyl (C=O) groups excluding carboxylic acids is 1. The molecule has 3 N–H and O–H groups in total. The molecule has 2 saturated carbocycles. The molecule has 2 rings (SSSR count). The highest BCUT2D eigenvalue weighted by Gasteiger charge is 2.35. The summed E-state index contributed by atoms with van der Waals surface area (Å²) in [7, 11) is 1.68. The van der Waals surface area contributed by atoms with Crippen LogP contribution in [0, 0.1) is 5.92 Å². The maximum Gasteiger partial charge on any atom is 0.317 e. The van der Waals surface area contributed by atoms with Crippen molar-refractivity contribution in [2.24, 2.45) is 5.92 Å². The molecule has 2 aliphatic rings. The summed E-state index contributed by atoms with van der Waals surface area (Å²) >= 11 is 0. The predicted octanol–water partition coefficient (Wildman–Crippen LogP) is 1.19. The van der Waals surface area contributed by atoms with Crippen molar-refractivity contribution in [3.05, 3.63) is 0 Å². The topological polar surface area (TPSA) is 89.9 Å². The van der Waals surface area contributed by atoms with E-state index in [1.165, 1.54) is 4.90 Å². The zero-order chi connectivity index (χ0) is 14.8. The maximum absolute atomic E-state index is 12.1. The van der Waals surface area contributed by atoms with Crippen LogP contribution in [0.3, 0.4) is 0 Å². The Morgan fingerprint density at radius 3 is 2.50 bits per heavy atom. The molecule has 0 aromatic rings. The zero-order valence-corrected chi connectivity index (χ0v) is 12.0. The van der Waals surface area contributed by atoms with Gasteiger partial charge in [0.2, 0.25) is 0 Å². The molecule has 0 aromatic carbocycles. The van der Waals surface area contributed by atoms with Crippen LogP contribution >= 0.6 is 0 Å². The number of nitrogens with one attached hydrogen (secondary N) is 1. The SMILES string of the molecule is CN(CC1(O)CCCC1)C(=O)N[C@H]1CC[C@@H](C(=O)O)C1. The summed E-state index contributed by atoms with van der Waals surface area (Å²) in [5.74, 6) is -1.13. The molecule has 6 heteroatoms. The molecule has 2 atom stereocenters. The van der Waals surface area contributed by atoms with E-state index in [0.29, 0.717) is 25.8 Å². The van der Waals surface area contributed by atoms with Gasteiger partial charge in [0, 0.05) is 13.1 Å². The molecule has 6 nitrogen and oxygen atoms in total. The van der Waals surface area contributed by atoms with Gasteiger partial charge in [-0.15, -0.1) is 0 Å². The van der Waals surface area contributed by atoms with Crippen LogP contribution in [0.2, 0.25) is 0 Å². The summed E-state index contributed by atoms with van der Waals surface area (Å²) < 4.78 is 0. The number of carboxylic acid groups (broad SMARTS) is 1. The lowest BCUT2D eigenvalue weighted by Crippen LogP contribution is -2.48. The molecule has 2 aliphatic carbocycles. The minimum atomic E-state index is -0.782. The molecule has 0 heterocycles. The van der Waals surface area contributed by atoms with Crippen molar-refractivity contribution in [1.82, 2.24) is 10.2 Å². The Hall–Kier alpha value is -1.30. The largest absolute Gasteiger partial charge is 0.481 e. The van der Waals surface area contributed by atoms with Crippen LogP contribution < -0.4 is 5.32 Å². The van der Waals surface area contributed by atoms with Gasteiger partial charge in [0.15, 0.2) is 0 Å². The number of carboxylic acids is 1. The summed E-state index contributed by atoms with van der Waals surface area (Å²) in [6.45, 7) is 0.341. The number of aliphatic carboxylic acids is 1. The van der Waals surface area contributed by atoms with Crippen LogP contribution in [-0.2, 0) is 4.79 Å². The van der Waals surface area contributed by atoms with Crippen molar-refractivity contribution in [2.45, 2.75) is 56.6 Å². The van der Waals surface area contributed by atoms with E-state index in [-0.39, 0.29) is 18.0 Å². The normalized spacial score (nSPS) is 28.3. The van der Waals surface area contributed by atoms with Crippen molar-refractivity contribution >= 4 is 12.0 Å². The second-order valence-corrected chi connectivity index (χ2v) is 6.28. The Balaban J connectivity index is 1.78. The molecule has 0 unspecified atom stereocenters. The van der Waals surface area contributed by atoms with Gasteiger partial charge < -0.3 is 20.4 Å². The van der Waals surface area contributed by atoms with E-state index >= 15 is 0 Å². The molecule has 0 aromatic heterocycles. The standard InChI is InChI=1S/C14H24N2O4/c1-16(9-14(20)6-2-3-7-14)13(19)15-11-5-4-10(8-11)12(17)18/h10-11,20H,2-9H2,1H3,(H,15,19)(H,17,18)/t10-,11+/m1/s1. The monoisotopic (exact) mass is 284 g/mol. The molecule has 0 spiro atoms. The number of hydrogen-bond acceptors (Lipinski definition) is 3. The fourth-order valence-electron chi connectivity index (χ4n) is 3.33. The smallest absolute Gasteiger partial charge is 0.317 e. The van der Waals surface area contributed by atoms with Crippen LogP contribution in [0.15, 0.2) is 0 Å². The third-order valence-corrected chi connectivity index (χ3v) is 4.52. The Morgan fingerprint density at radius 2 is 1.95 bits per heavy atom. The number of rotatable bonds is 4. The zero-order valence-electron chi connectivity index (χ0n) is 12.0. The molecular formula is C14H24N2O4. The van der Waals surface area contributed by atoms with Gasteiger partial charge in [0.05, 0.1) is 18.1 Å². The third-order valence-electron chi connectivity index (χ3n) is 4.52. The molecular weight excluding hydrogens is 260 g/mol. The van der Waals surface area contributed by atoms with Crippen LogP contribution in [0.5, 0.6) is 0 Å². The van der Waals surface area contributed by atoms with Crippen LogP contribution in [0.1, 0.15) is 44.9 Å². The molecule has 0 aliphatic heterocycles. The molecule has 0 bridgehead atoms. The number of amides is 2. The molecule has 20 heavy (non-hydrogen) atoms. The van der Waals surface area contributed by atoms with Gasteiger partial charge >= 0.3 is 12.0 Å². The first-order chi connectivity index (χ1) is 9.39. The number of carbonyl (C=O) groups is 2.